The van der Waals surface area contributed by atoms with Crippen LogP contribution in [0.15, 0.2) is 0 Å². The van der Waals surface area contributed by atoms with E-state index in [1.54, 1.807) is 0 Å². The molecule has 0 aromatic rings. The van der Waals surface area contributed by atoms with Crippen LogP contribution < -0.4 is 5.32 Å². The van der Waals surface area contributed by atoms with E-state index in [1.807, 2.05) is 11.8 Å². The van der Waals surface area contributed by atoms with Gasteiger partial charge in [-0.1, -0.05) is 0 Å². The third-order valence-electron chi connectivity index (χ3n) is 3.47. The van der Waals surface area contributed by atoms with Crippen molar-refractivity contribution in [2.45, 2.75) is 19.4 Å². The van der Waals surface area contributed by atoms with Gasteiger partial charge in [0.2, 0.25) is 0 Å². The summed E-state index contributed by atoms with van der Waals surface area (Å²) in [4.78, 5) is 26.4. The molecule has 1 aliphatic heterocycles. The van der Waals surface area contributed by atoms with Crippen molar-refractivity contribution in [1.29, 1.82) is 0 Å². The van der Waals surface area contributed by atoms with Crippen LogP contribution in [0.2, 0.25) is 0 Å². The minimum atomic E-state index is -1.20. The predicted molar refractivity (Wildman–Crippen MR) is 76.6 cm³/mol. The molecule has 0 radical (unpaired) electrons. The number of nitrogens with one attached hydrogen (secondary N) is 1. The highest BCUT2D eigenvalue weighted by Crippen LogP contribution is 2.12. The third kappa shape index (κ3) is 4.58. The molecule has 1 fully saturated rings. The Morgan fingerprint density at radius 2 is 1.95 bits per heavy atom. The van der Waals surface area contributed by atoms with E-state index in [0.29, 0.717) is 6.54 Å². The van der Waals surface area contributed by atoms with Gasteiger partial charge in [0.1, 0.15) is 5.54 Å². The highest BCUT2D eigenvalue weighted by atomic mass is 32.2. The van der Waals surface area contributed by atoms with Gasteiger partial charge in [-0.15, -0.1) is 0 Å². The Balaban J connectivity index is 2.32. The van der Waals surface area contributed by atoms with Gasteiger partial charge in [-0.25, -0.2) is 9.59 Å². The van der Waals surface area contributed by atoms with E-state index in [1.165, 1.54) is 25.8 Å². The molecule has 0 saturated carbocycles. The highest BCUT2D eigenvalue weighted by molar-refractivity contribution is 7.99. The number of likely N-dealkylation sites (N-methyl/N-ethyl adjacent to an activating group) is 1. The molecule has 0 bridgehead atoms. The van der Waals surface area contributed by atoms with Crippen LogP contribution in [0.5, 0.6) is 0 Å². The predicted octanol–water partition coefficient (Wildman–Crippen LogP) is 0.540. The van der Waals surface area contributed by atoms with Gasteiger partial charge in [-0.05, 0) is 13.8 Å². The van der Waals surface area contributed by atoms with Crippen LogP contribution in [0.1, 0.15) is 13.8 Å². The first-order chi connectivity index (χ1) is 8.85. The fourth-order valence-electron chi connectivity index (χ4n) is 1.66. The molecule has 0 spiro atoms. The van der Waals surface area contributed by atoms with E-state index < -0.39 is 11.5 Å². The van der Waals surface area contributed by atoms with E-state index in [0.717, 1.165) is 31.1 Å². The van der Waals surface area contributed by atoms with Crippen molar-refractivity contribution < 1.29 is 14.7 Å². The SMILES string of the molecule is CN(C(=O)NCCN1CCSCC1)C(C)(C)C(=O)O. The summed E-state index contributed by atoms with van der Waals surface area (Å²) in [5.41, 5.74) is -1.20. The van der Waals surface area contributed by atoms with Crippen molar-refractivity contribution in [3.63, 3.8) is 0 Å². The second-order valence-electron chi connectivity index (χ2n) is 5.11. The molecule has 0 aromatic carbocycles. The van der Waals surface area contributed by atoms with Crippen LogP contribution in [-0.4, -0.2) is 77.2 Å². The maximum absolute atomic E-state index is 11.9. The van der Waals surface area contributed by atoms with Gasteiger partial charge in [0.15, 0.2) is 0 Å². The first kappa shape index (κ1) is 16.1. The van der Waals surface area contributed by atoms with Gasteiger partial charge in [0, 0.05) is 44.7 Å². The van der Waals surface area contributed by atoms with Crippen LogP contribution in [0.3, 0.4) is 0 Å². The summed E-state index contributed by atoms with van der Waals surface area (Å²) in [6.07, 6.45) is 0. The van der Waals surface area contributed by atoms with Crippen LogP contribution in [-0.2, 0) is 4.79 Å². The molecule has 1 saturated heterocycles. The van der Waals surface area contributed by atoms with Crippen LogP contribution >= 0.6 is 11.8 Å². The van der Waals surface area contributed by atoms with Crippen molar-refractivity contribution in [3.8, 4) is 0 Å². The Kier molecular flexibility index (Phi) is 5.93. The number of aliphatic carboxylic acids is 1. The quantitative estimate of drug-likeness (QED) is 0.773. The molecular formula is C12H23N3O3S. The van der Waals surface area contributed by atoms with Gasteiger partial charge in [-0.2, -0.15) is 11.8 Å². The number of hydrogen-bond donors (Lipinski definition) is 2. The number of thioether (sulfide) groups is 1. The molecule has 1 rings (SSSR count). The van der Waals surface area contributed by atoms with Crippen molar-refractivity contribution in [1.82, 2.24) is 15.1 Å². The zero-order chi connectivity index (χ0) is 14.5. The number of carbonyl (C=O) groups excluding carboxylic acids is 1. The number of amides is 2. The lowest BCUT2D eigenvalue weighted by Gasteiger charge is -2.32. The molecule has 0 unspecified atom stereocenters. The minimum absolute atomic E-state index is 0.348. The second kappa shape index (κ2) is 7.00. The number of urea groups is 1. The monoisotopic (exact) mass is 289 g/mol. The molecular weight excluding hydrogens is 266 g/mol. The van der Waals surface area contributed by atoms with Gasteiger partial charge >= 0.3 is 12.0 Å². The summed E-state index contributed by atoms with van der Waals surface area (Å²) in [6.45, 7) is 6.48. The molecule has 6 nitrogen and oxygen atoms in total. The molecule has 0 aromatic heterocycles. The molecule has 2 amide bonds. The van der Waals surface area contributed by atoms with E-state index in [9.17, 15) is 9.59 Å². The molecule has 0 atom stereocenters. The average Bonchev–Trinajstić information content (AvgIpc) is 2.38. The zero-order valence-electron chi connectivity index (χ0n) is 11.8. The normalized spacial score (nSPS) is 17.0. The topological polar surface area (TPSA) is 72.9 Å². The van der Waals surface area contributed by atoms with Crippen molar-refractivity contribution in [2.75, 3.05) is 44.7 Å². The minimum Gasteiger partial charge on any atom is -0.480 e. The Morgan fingerprint density at radius 3 is 2.47 bits per heavy atom. The van der Waals surface area contributed by atoms with Gasteiger partial charge in [0.05, 0.1) is 0 Å². The number of carboxylic acids is 1. The number of carboxylic acid groups (broad SMARTS) is 1. The van der Waals surface area contributed by atoms with Crippen molar-refractivity contribution in [3.05, 3.63) is 0 Å². The van der Waals surface area contributed by atoms with Gasteiger partial charge < -0.3 is 15.3 Å². The first-order valence-corrected chi connectivity index (χ1v) is 7.56. The smallest absolute Gasteiger partial charge is 0.329 e. The molecule has 7 heteroatoms. The highest BCUT2D eigenvalue weighted by Gasteiger charge is 2.35. The number of carbonyl (C=O) groups is 2. The summed E-state index contributed by atoms with van der Waals surface area (Å²) >= 11 is 1.95. The Hall–Kier alpha value is -0.950. The lowest BCUT2D eigenvalue weighted by Crippen LogP contribution is -2.54. The van der Waals surface area contributed by atoms with Crippen LogP contribution in [0, 0.1) is 0 Å². The number of nitrogens with zero attached hydrogens (tertiary/aromatic N) is 2. The fraction of sp³-hybridized carbons (Fsp3) is 0.833. The Bertz CT molecular complexity index is 330. The molecule has 110 valence electrons. The molecule has 2 N–H and O–H groups in total. The first-order valence-electron chi connectivity index (χ1n) is 6.41. The molecule has 1 heterocycles. The number of hydrogen-bond acceptors (Lipinski definition) is 4. The second-order valence-corrected chi connectivity index (χ2v) is 6.33. The summed E-state index contributed by atoms with van der Waals surface area (Å²) in [5, 5.41) is 11.8. The molecule has 1 aliphatic rings. The average molecular weight is 289 g/mol. The van der Waals surface area contributed by atoms with E-state index in [2.05, 4.69) is 10.2 Å². The zero-order valence-corrected chi connectivity index (χ0v) is 12.6. The lowest BCUT2D eigenvalue weighted by atomic mass is 10.1. The summed E-state index contributed by atoms with van der Waals surface area (Å²) in [6, 6.07) is -0.348. The Morgan fingerprint density at radius 1 is 1.37 bits per heavy atom. The summed E-state index contributed by atoms with van der Waals surface area (Å²) in [7, 11) is 1.50. The standard InChI is InChI=1S/C12H23N3O3S/c1-12(2,10(16)17)14(3)11(18)13-4-5-15-6-8-19-9-7-15/h4-9H2,1-3H3,(H,13,18)(H,16,17). The maximum atomic E-state index is 11.9. The van der Waals surface area contributed by atoms with Crippen molar-refractivity contribution in [2.24, 2.45) is 0 Å². The lowest BCUT2D eigenvalue weighted by molar-refractivity contribution is -0.146. The third-order valence-corrected chi connectivity index (χ3v) is 4.42. The van der Waals surface area contributed by atoms with Crippen LogP contribution in [0.4, 0.5) is 4.79 Å². The maximum Gasteiger partial charge on any atom is 0.329 e. The summed E-state index contributed by atoms with van der Waals surface area (Å²) < 4.78 is 0. The molecule has 0 aliphatic carbocycles. The van der Waals surface area contributed by atoms with Crippen molar-refractivity contribution >= 4 is 23.8 Å². The van der Waals surface area contributed by atoms with Gasteiger partial charge in [-0.3, -0.25) is 4.90 Å². The van der Waals surface area contributed by atoms with E-state index in [4.69, 9.17) is 5.11 Å². The van der Waals surface area contributed by atoms with Crippen LogP contribution in [0.25, 0.3) is 0 Å². The fourth-order valence-corrected chi connectivity index (χ4v) is 2.64. The van der Waals surface area contributed by atoms with Gasteiger partial charge in [0.25, 0.3) is 0 Å². The molecule has 19 heavy (non-hydrogen) atoms. The van der Waals surface area contributed by atoms with E-state index >= 15 is 0 Å². The van der Waals surface area contributed by atoms with E-state index in [-0.39, 0.29) is 6.03 Å². The number of rotatable bonds is 5. The summed E-state index contributed by atoms with van der Waals surface area (Å²) in [5.74, 6) is 1.26. The largest absolute Gasteiger partial charge is 0.480 e. The Labute approximate surface area is 118 Å².